The van der Waals surface area contributed by atoms with Crippen LogP contribution in [-0.2, 0) is 43.4 Å². The van der Waals surface area contributed by atoms with Crippen LogP contribution in [0.15, 0.2) is 0 Å². The van der Waals surface area contributed by atoms with E-state index < -0.39 is 11.9 Å². The molecule has 0 saturated carbocycles. The van der Waals surface area contributed by atoms with E-state index >= 15 is 0 Å². The van der Waals surface area contributed by atoms with Crippen LogP contribution < -0.4 is 0 Å². The minimum absolute atomic E-state index is 0. The molecule has 0 aromatic heterocycles. The van der Waals surface area contributed by atoms with E-state index in [1.165, 1.54) is 0 Å². The van der Waals surface area contributed by atoms with Crippen LogP contribution in [0, 0.1) is 0 Å². The molecule has 6 heteroatoms. The Balaban J connectivity index is -0.000000125. The molecule has 54 valence electrons. The van der Waals surface area contributed by atoms with E-state index in [0.29, 0.717) is 0 Å². The van der Waals surface area contributed by atoms with Crippen molar-refractivity contribution in [3.63, 3.8) is 0 Å². The third-order valence-corrected chi connectivity index (χ3v) is 0.183. The zero-order chi connectivity index (χ0) is 5.15. The van der Waals surface area contributed by atoms with Gasteiger partial charge in [-0.1, -0.05) is 0 Å². The summed E-state index contributed by atoms with van der Waals surface area (Å²) in [5.41, 5.74) is 0. The molecule has 0 amide bonds. The summed E-state index contributed by atoms with van der Waals surface area (Å²) < 4.78 is 0. The van der Waals surface area contributed by atoms with Crippen LogP contribution in [0.5, 0.6) is 0 Å². The molecule has 8 heavy (non-hydrogen) atoms. The first-order chi connectivity index (χ1) is 2.64. The second-order valence-corrected chi connectivity index (χ2v) is 0.610. The number of carbonyl (C=O) groups is 2. The van der Waals surface area contributed by atoms with Gasteiger partial charge in [-0.3, -0.25) is 0 Å². The molecule has 0 aromatic carbocycles. The van der Waals surface area contributed by atoms with Gasteiger partial charge in [0.25, 0.3) is 0 Å². The molecule has 4 nitrogen and oxygen atoms in total. The van der Waals surface area contributed by atoms with Gasteiger partial charge in [-0.2, -0.15) is 0 Å². The Morgan fingerprint density at radius 3 is 1.12 bits per heavy atom. The van der Waals surface area contributed by atoms with Gasteiger partial charge in [-0.15, -0.1) is 0 Å². The van der Waals surface area contributed by atoms with E-state index in [9.17, 15) is 0 Å². The van der Waals surface area contributed by atoms with Crippen molar-refractivity contribution in [3.05, 3.63) is 0 Å². The van der Waals surface area contributed by atoms with Gasteiger partial charge in [0.05, 0.1) is 0 Å². The summed E-state index contributed by atoms with van der Waals surface area (Å²) in [5.74, 6) is -3.65. The van der Waals surface area contributed by atoms with Crippen LogP contribution >= 0.6 is 0 Å². The van der Waals surface area contributed by atoms with E-state index in [1.54, 1.807) is 0 Å². The summed E-state index contributed by atoms with van der Waals surface area (Å²) in [6.45, 7) is 0. The zero-order valence-electron chi connectivity index (χ0n) is 3.35. The smallest absolute Gasteiger partial charge is 0.414 e. The molecule has 0 heterocycles. The van der Waals surface area contributed by atoms with Crippen molar-refractivity contribution in [1.82, 2.24) is 0 Å². The molecule has 0 unspecified atom stereocenters. The number of rotatable bonds is 0. The second-order valence-electron chi connectivity index (χ2n) is 0.610. The normalized spacial score (nSPS) is 5.50. The monoisotopic (exact) mass is 212 g/mol. The summed E-state index contributed by atoms with van der Waals surface area (Å²) in [5, 5.41) is 14.8. The van der Waals surface area contributed by atoms with Crippen molar-refractivity contribution in [2.45, 2.75) is 0 Å². The second kappa shape index (κ2) is 6.97. The molecule has 2 N–H and O–H groups in total. The number of aliphatic carboxylic acids is 2. The van der Waals surface area contributed by atoms with Crippen LogP contribution in [0.25, 0.3) is 0 Å². The maximum Gasteiger partial charge on any atom is 0.414 e. The van der Waals surface area contributed by atoms with Gasteiger partial charge >= 0.3 is 11.9 Å². The van der Waals surface area contributed by atoms with Crippen LogP contribution in [-0.4, -0.2) is 22.2 Å². The molecule has 0 spiro atoms. The summed E-state index contributed by atoms with van der Waals surface area (Å²) in [7, 11) is 0. The molecular weight excluding hydrogens is 210 g/mol. The first kappa shape index (κ1) is 15.7. The average molecular weight is 213 g/mol. The molecule has 0 atom stereocenters. The fourth-order valence-electron chi connectivity index (χ4n) is 0. The van der Waals surface area contributed by atoms with Gasteiger partial charge in [0.15, 0.2) is 0 Å². The molecule has 0 aromatic rings. The Kier molecular flexibility index (Phi) is 13.6. The molecule has 0 bridgehead atoms. The van der Waals surface area contributed by atoms with Crippen molar-refractivity contribution < 1.29 is 53.6 Å². The topological polar surface area (TPSA) is 74.6 Å². The Hall–Kier alpha value is -0.0340. The van der Waals surface area contributed by atoms with Gasteiger partial charge in [0, 0.05) is 33.8 Å². The van der Waals surface area contributed by atoms with Crippen molar-refractivity contribution in [2.75, 3.05) is 0 Å². The third kappa shape index (κ3) is 9.35. The Labute approximate surface area is 65.9 Å². The van der Waals surface area contributed by atoms with Gasteiger partial charge in [-0.05, 0) is 0 Å². The standard InChI is InChI=1S/C2H2O4.Co.Cu/c3-1(4)2(5)6;;/h(H,3,4)(H,5,6);;. The van der Waals surface area contributed by atoms with Gasteiger partial charge in [0.2, 0.25) is 0 Å². The molecular formula is C2H2CoCuO4. The number of hydrogen-bond acceptors (Lipinski definition) is 2. The number of hydrogen-bond donors (Lipinski definition) is 2. The van der Waals surface area contributed by atoms with E-state index in [2.05, 4.69) is 0 Å². The molecule has 0 aliphatic rings. The zero-order valence-corrected chi connectivity index (χ0v) is 5.33. The Morgan fingerprint density at radius 1 is 1.00 bits per heavy atom. The maximum absolute atomic E-state index is 9.10. The summed E-state index contributed by atoms with van der Waals surface area (Å²) >= 11 is 0. The van der Waals surface area contributed by atoms with Gasteiger partial charge < -0.3 is 10.2 Å². The van der Waals surface area contributed by atoms with Crippen LogP contribution in [0.4, 0.5) is 0 Å². The summed E-state index contributed by atoms with van der Waals surface area (Å²) in [6, 6.07) is 0. The van der Waals surface area contributed by atoms with E-state index in [-0.39, 0.29) is 33.8 Å². The molecule has 0 fully saturated rings. The SMILES string of the molecule is O=C(O)C(=O)O.[Co].[Cu]. The minimum atomic E-state index is -1.82. The quantitative estimate of drug-likeness (QED) is 0.405. The van der Waals surface area contributed by atoms with Crippen molar-refractivity contribution in [1.29, 1.82) is 0 Å². The molecule has 0 aliphatic carbocycles. The fraction of sp³-hybridized carbons (Fsp3) is 0. The van der Waals surface area contributed by atoms with Crippen LogP contribution in [0.2, 0.25) is 0 Å². The van der Waals surface area contributed by atoms with Crippen molar-refractivity contribution in [3.8, 4) is 0 Å². The van der Waals surface area contributed by atoms with Gasteiger partial charge in [0.1, 0.15) is 0 Å². The first-order valence-corrected chi connectivity index (χ1v) is 1.11. The van der Waals surface area contributed by atoms with E-state index in [1.807, 2.05) is 0 Å². The van der Waals surface area contributed by atoms with Crippen molar-refractivity contribution >= 4 is 11.9 Å². The molecule has 2 radical (unpaired) electrons. The summed E-state index contributed by atoms with van der Waals surface area (Å²) in [4.78, 5) is 18.2. The average Bonchev–Trinajstić information content (AvgIpc) is 1.36. The third-order valence-electron chi connectivity index (χ3n) is 0.183. The molecule has 0 aliphatic heterocycles. The van der Waals surface area contributed by atoms with Crippen LogP contribution in [0.3, 0.4) is 0 Å². The Morgan fingerprint density at radius 2 is 1.12 bits per heavy atom. The van der Waals surface area contributed by atoms with Crippen LogP contribution in [0.1, 0.15) is 0 Å². The van der Waals surface area contributed by atoms with E-state index in [0.717, 1.165) is 0 Å². The molecule has 0 saturated heterocycles. The minimum Gasteiger partial charge on any atom is -0.473 e. The summed E-state index contributed by atoms with van der Waals surface area (Å²) in [6.07, 6.45) is 0. The number of carboxylic acid groups (broad SMARTS) is 2. The Bertz CT molecular complexity index is 80.0. The number of carboxylic acids is 2. The maximum atomic E-state index is 9.10. The predicted octanol–water partition coefficient (Wildman–Crippen LogP) is -0.849. The van der Waals surface area contributed by atoms with Crippen molar-refractivity contribution in [2.24, 2.45) is 0 Å². The first-order valence-electron chi connectivity index (χ1n) is 1.11. The van der Waals surface area contributed by atoms with E-state index in [4.69, 9.17) is 19.8 Å². The fourth-order valence-corrected chi connectivity index (χ4v) is 0. The predicted molar refractivity (Wildman–Crippen MR) is 15.3 cm³/mol. The molecule has 0 rings (SSSR count). The van der Waals surface area contributed by atoms with Gasteiger partial charge in [-0.25, -0.2) is 9.59 Å². The largest absolute Gasteiger partial charge is 0.473 e.